The van der Waals surface area contributed by atoms with Crippen LogP contribution in [-0.4, -0.2) is 36.1 Å². The molecule has 0 aliphatic heterocycles. The van der Waals surface area contributed by atoms with Gasteiger partial charge >= 0.3 is 0 Å². The zero-order valence-electron chi connectivity index (χ0n) is 11.4. The van der Waals surface area contributed by atoms with Gasteiger partial charge in [0.1, 0.15) is 0 Å². The smallest absolute Gasteiger partial charge is 0.251 e. The summed E-state index contributed by atoms with van der Waals surface area (Å²) in [4.78, 5) is 23.1. The molecule has 1 atom stereocenters. The molecule has 0 saturated heterocycles. The lowest BCUT2D eigenvalue weighted by Gasteiger charge is -2.08. The van der Waals surface area contributed by atoms with Gasteiger partial charge in [-0.1, -0.05) is 11.6 Å². The zero-order chi connectivity index (χ0) is 15.0. The van der Waals surface area contributed by atoms with E-state index >= 15 is 0 Å². The summed E-state index contributed by atoms with van der Waals surface area (Å²) in [6.07, 6.45) is 0.307. The van der Waals surface area contributed by atoms with Gasteiger partial charge < -0.3 is 15.7 Å². The van der Waals surface area contributed by atoms with Crippen LogP contribution in [-0.2, 0) is 4.79 Å². The standard InChI is InChI=1S/C14H19ClN2O3/c1-10(18)9-17-13(19)3-2-8-16-14(20)11-4-6-12(15)7-5-11/h4-7,10,18H,2-3,8-9H2,1H3,(H,16,20)(H,17,19). The fraction of sp³-hybridized carbons (Fsp3) is 0.429. The molecule has 0 radical (unpaired) electrons. The monoisotopic (exact) mass is 298 g/mol. The van der Waals surface area contributed by atoms with Crippen LogP contribution in [0, 0.1) is 0 Å². The molecular formula is C14H19ClN2O3. The van der Waals surface area contributed by atoms with Crippen LogP contribution in [0.5, 0.6) is 0 Å². The number of halogens is 1. The Kier molecular flexibility index (Phi) is 7.04. The lowest BCUT2D eigenvalue weighted by Crippen LogP contribution is -2.31. The molecule has 1 unspecified atom stereocenters. The predicted octanol–water partition coefficient (Wildman–Crippen LogP) is 1.35. The number of carbonyl (C=O) groups excluding carboxylic acids is 2. The highest BCUT2D eigenvalue weighted by Gasteiger charge is 2.06. The number of benzene rings is 1. The van der Waals surface area contributed by atoms with Gasteiger partial charge in [-0.2, -0.15) is 0 Å². The molecule has 1 aromatic rings. The summed E-state index contributed by atoms with van der Waals surface area (Å²) < 4.78 is 0. The fourth-order valence-corrected chi connectivity index (χ4v) is 1.63. The molecule has 5 nitrogen and oxygen atoms in total. The Bertz CT molecular complexity index is 446. The number of aliphatic hydroxyl groups excluding tert-OH is 1. The minimum Gasteiger partial charge on any atom is -0.392 e. The Morgan fingerprint density at radius 3 is 2.50 bits per heavy atom. The number of nitrogens with one attached hydrogen (secondary N) is 2. The Morgan fingerprint density at radius 1 is 1.25 bits per heavy atom. The van der Waals surface area contributed by atoms with Crippen LogP contribution < -0.4 is 10.6 Å². The number of amides is 2. The molecule has 0 fully saturated rings. The van der Waals surface area contributed by atoms with Gasteiger partial charge in [0.2, 0.25) is 5.91 Å². The van der Waals surface area contributed by atoms with Crippen molar-refractivity contribution in [3.63, 3.8) is 0 Å². The third-order valence-electron chi connectivity index (χ3n) is 2.57. The first-order valence-electron chi connectivity index (χ1n) is 6.47. The Balaban J connectivity index is 2.19. The van der Waals surface area contributed by atoms with Gasteiger partial charge in [-0.25, -0.2) is 0 Å². The van der Waals surface area contributed by atoms with Gasteiger partial charge in [0.05, 0.1) is 6.10 Å². The molecule has 110 valence electrons. The molecule has 0 spiro atoms. The summed E-state index contributed by atoms with van der Waals surface area (Å²) in [7, 11) is 0. The molecule has 3 N–H and O–H groups in total. The van der Waals surface area contributed by atoms with Crippen LogP contribution >= 0.6 is 11.6 Å². The molecule has 0 aliphatic carbocycles. The second-order valence-electron chi connectivity index (χ2n) is 4.52. The molecule has 0 heterocycles. The number of carbonyl (C=O) groups is 2. The van der Waals surface area contributed by atoms with Crippen molar-refractivity contribution in [1.82, 2.24) is 10.6 Å². The fourth-order valence-electron chi connectivity index (χ4n) is 1.50. The lowest BCUT2D eigenvalue weighted by atomic mass is 10.2. The molecular weight excluding hydrogens is 280 g/mol. The van der Waals surface area contributed by atoms with Crippen LogP contribution in [0.4, 0.5) is 0 Å². The van der Waals surface area contributed by atoms with E-state index in [4.69, 9.17) is 16.7 Å². The first kappa shape index (κ1) is 16.5. The first-order chi connectivity index (χ1) is 9.49. The number of hydrogen-bond acceptors (Lipinski definition) is 3. The summed E-state index contributed by atoms with van der Waals surface area (Å²) in [5, 5.41) is 14.9. The van der Waals surface area contributed by atoms with Crippen molar-refractivity contribution in [2.45, 2.75) is 25.9 Å². The van der Waals surface area contributed by atoms with Crippen molar-refractivity contribution in [2.24, 2.45) is 0 Å². The average Bonchev–Trinajstić information content (AvgIpc) is 2.42. The third kappa shape index (κ3) is 6.54. The highest BCUT2D eigenvalue weighted by atomic mass is 35.5. The minimum absolute atomic E-state index is 0.133. The van der Waals surface area contributed by atoms with Gasteiger partial charge in [-0.3, -0.25) is 9.59 Å². The third-order valence-corrected chi connectivity index (χ3v) is 2.82. The van der Waals surface area contributed by atoms with Crippen molar-refractivity contribution in [3.05, 3.63) is 34.9 Å². The molecule has 0 aromatic heterocycles. The molecule has 6 heteroatoms. The Labute approximate surface area is 123 Å². The van der Waals surface area contributed by atoms with Crippen molar-refractivity contribution < 1.29 is 14.7 Å². The van der Waals surface area contributed by atoms with Crippen molar-refractivity contribution in [3.8, 4) is 0 Å². The lowest BCUT2D eigenvalue weighted by molar-refractivity contribution is -0.121. The van der Waals surface area contributed by atoms with Crippen LogP contribution in [0.3, 0.4) is 0 Å². The SMILES string of the molecule is CC(O)CNC(=O)CCCNC(=O)c1ccc(Cl)cc1. The maximum absolute atomic E-state index is 11.7. The van der Waals surface area contributed by atoms with Gasteiger partial charge in [-0.05, 0) is 37.6 Å². The first-order valence-corrected chi connectivity index (χ1v) is 6.85. The molecule has 0 aliphatic rings. The average molecular weight is 299 g/mol. The Morgan fingerprint density at radius 2 is 1.90 bits per heavy atom. The summed E-state index contributed by atoms with van der Waals surface area (Å²) in [6.45, 7) is 2.27. The summed E-state index contributed by atoms with van der Waals surface area (Å²) in [5.41, 5.74) is 0.535. The highest BCUT2D eigenvalue weighted by Crippen LogP contribution is 2.09. The second-order valence-corrected chi connectivity index (χ2v) is 4.96. The van der Waals surface area contributed by atoms with E-state index in [1.807, 2.05) is 0 Å². The topological polar surface area (TPSA) is 78.4 Å². The highest BCUT2D eigenvalue weighted by molar-refractivity contribution is 6.30. The van der Waals surface area contributed by atoms with Crippen LogP contribution in [0.25, 0.3) is 0 Å². The van der Waals surface area contributed by atoms with Gasteiger partial charge in [0.15, 0.2) is 0 Å². The zero-order valence-corrected chi connectivity index (χ0v) is 12.1. The van der Waals surface area contributed by atoms with E-state index in [1.165, 1.54) is 0 Å². The number of rotatable bonds is 7. The maximum atomic E-state index is 11.7. The molecule has 0 bridgehead atoms. The predicted molar refractivity (Wildman–Crippen MR) is 77.7 cm³/mol. The summed E-state index contributed by atoms with van der Waals surface area (Å²) >= 11 is 5.74. The molecule has 1 aromatic carbocycles. The van der Waals surface area contributed by atoms with E-state index in [-0.39, 0.29) is 18.4 Å². The molecule has 2 amide bonds. The van der Waals surface area contributed by atoms with Gasteiger partial charge in [-0.15, -0.1) is 0 Å². The van der Waals surface area contributed by atoms with Crippen LogP contribution in [0.15, 0.2) is 24.3 Å². The second kappa shape index (κ2) is 8.55. The van der Waals surface area contributed by atoms with Crippen molar-refractivity contribution in [2.75, 3.05) is 13.1 Å². The molecule has 1 rings (SSSR count). The number of aliphatic hydroxyl groups is 1. The van der Waals surface area contributed by atoms with E-state index in [9.17, 15) is 9.59 Å². The molecule has 20 heavy (non-hydrogen) atoms. The molecule has 0 saturated carbocycles. The van der Waals surface area contributed by atoms with Crippen LogP contribution in [0.1, 0.15) is 30.1 Å². The maximum Gasteiger partial charge on any atom is 0.251 e. The van der Waals surface area contributed by atoms with E-state index in [0.717, 1.165) is 0 Å². The number of hydrogen-bond donors (Lipinski definition) is 3. The van der Waals surface area contributed by atoms with Crippen molar-refractivity contribution in [1.29, 1.82) is 0 Å². The largest absolute Gasteiger partial charge is 0.392 e. The van der Waals surface area contributed by atoms with Crippen molar-refractivity contribution >= 4 is 23.4 Å². The van der Waals surface area contributed by atoms with E-state index in [2.05, 4.69) is 10.6 Å². The Hall–Kier alpha value is -1.59. The normalized spacial score (nSPS) is 11.8. The van der Waals surface area contributed by atoms with Gasteiger partial charge in [0, 0.05) is 30.1 Å². The van der Waals surface area contributed by atoms with E-state index < -0.39 is 6.10 Å². The van der Waals surface area contributed by atoms with E-state index in [1.54, 1.807) is 31.2 Å². The quantitative estimate of drug-likeness (QED) is 0.665. The summed E-state index contributed by atoms with van der Waals surface area (Å²) in [6, 6.07) is 6.60. The minimum atomic E-state index is -0.552. The summed E-state index contributed by atoms with van der Waals surface area (Å²) in [5.74, 6) is -0.322. The van der Waals surface area contributed by atoms with E-state index in [0.29, 0.717) is 30.0 Å². The van der Waals surface area contributed by atoms with Gasteiger partial charge in [0.25, 0.3) is 5.91 Å². The van der Waals surface area contributed by atoms with Crippen LogP contribution in [0.2, 0.25) is 5.02 Å².